The molecule has 0 aromatic carbocycles. The zero-order chi connectivity index (χ0) is 14.3. The highest BCUT2D eigenvalue weighted by atomic mass is 32.2. The molecule has 4 nitrogen and oxygen atoms in total. The zero-order valence-electron chi connectivity index (χ0n) is 12.2. The quantitative estimate of drug-likeness (QED) is 0.474. The van der Waals surface area contributed by atoms with Crippen LogP contribution in [0.25, 0.3) is 0 Å². The molecule has 1 aromatic heterocycles. The van der Waals surface area contributed by atoms with E-state index >= 15 is 0 Å². The van der Waals surface area contributed by atoms with Crippen molar-refractivity contribution in [3.63, 3.8) is 0 Å². The van der Waals surface area contributed by atoms with Crippen molar-refractivity contribution in [3.8, 4) is 0 Å². The monoisotopic (exact) mass is 281 g/mol. The Labute approximate surface area is 119 Å². The van der Waals surface area contributed by atoms with Gasteiger partial charge in [0.25, 0.3) is 0 Å². The molecule has 0 saturated carbocycles. The van der Waals surface area contributed by atoms with Crippen molar-refractivity contribution >= 4 is 17.7 Å². The third-order valence-corrected chi connectivity index (χ3v) is 3.59. The zero-order valence-corrected chi connectivity index (χ0v) is 13.1. The fraction of sp³-hybridized carbons (Fsp3) is 0.643. The Morgan fingerprint density at radius 3 is 2.42 bits per heavy atom. The lowest BCUT2D eigenvalue weighted by molar-refractivity contribution is -0.121. The van der Waals surface area contributed by atoms with Crippen LogP contribution in [0.3, 0.4) is 0 Å². The van der Waals surface area contributed by atoms with Gasteiger partial charge < -0.3 is 5.32 Å². The van der Waals surface area contributed by atoms with Gasteiger partial charge in [0.1, 0.15) is 0 Å². The maximum Gasteiger partial charge on any atom is 0.220 e. The van der Waals surface area contributed by atoms with Gasteiger partial charge in [-0.05, 0) is 38.5 Å². The van der Waals surface area contributed by atoms with Gasteiger partial charge in [-0.1, -0.05) is 25.1 Å². The van der Waals surface area contributed by atoms with E-state index in [2.05, 4.69) is 22.2 Å². The maximum absolute atomic E-state index is 11.7. The number of rotatable bonds is 7. The molecule has 1 N–H and O–H groups in total. The van der Waals surface area contributed by atoms with E-state index in [0.717, 1.165) is 41.5 Å². The number of nitrogens with zero attached hydrogens (tertiary/aromatic N) is 2. The van der Waals surface area contributed by atoms with Crippen LogP contribution < -0.4 is 5.32 Å². The number of carbonyl (C=O) groups excluding carboxylic acids is 1. The Hall–Kier alpha value is -1.10. The SMILES string of the molecule is CCCCNC(=O)CCc1c(C)nc(SC)nc1C. The molecule has 0 radical (unpaired) electrons. The third kappa shape index (κ3) is 5.19. The standard InChI is InChI=1S/C14H23N3OS/c1-5-6-9-15-13(18)8-7-12-10(2)16-14(19-4)17-11(12)3/h5-9H2,1-4H3,(H,15,18). The number of amides is 1. The minimum absolute atomic E-state index is 0.112. The summed E-state index contributed by atoms with van der Waals surface area (Å²) in [5, 5.41) is 3.73. The summed E-state index contributed by atoms with van der Waals surface area (Å²) in [6, 6.07) is 0. The van der Waals surface area contributed by atoms with Crippen molar-refractivity contribution in [3.05, 3.63) is 17.0 Å². The Bertz CT molecular complexity index is 412. The Balaban J connectivity index is 2.55. The summed E-state index contributed by atoms with van der Waals surface area (Å²) < 4.78 is 0. The molecule has 0 aliphatic carbocycles. The Morgan fingerprint density at radius 1 is 1.26 bits per heavy atom. The van der Waals surface area contributed by atoms with Crippen molar-refractivity contribution in [1.29, 1.82) is 0 Å². The molecule has 0 aliphatic heterocycles. The molecule has 1 aromatic rings. The van der Waals surface area contributed by atoms with Crippen molar-refractivity contribution in [2.24, 2.45) is 0 Å². The molecule has 1 heterocycles. The van der Waals surface area contributed by atoms with E-state index in [0.29, 0.717) is 12.8 Å². The molecule has 0 fully saturated rings. The molecule has 106 valence electrons. The van der Waals surface area contributed by atoms with Crippen LogP contribution in [0, 0.1) is 13.8 Å². The third-order valence-electron chi connectivity index (χ3n) is 3.04. The summed E-state index contributed by atoms with van der Waals surface area (Å²) in [4.78, 5) is 20.5. The summed E-state index contributed by atoms with van der Waals surface area (Å²) in [5.41, 5.74) is 3.07. The van der Waals surface area contributed by atoms with Crippen molar-refractivity contribution in [2.75, 3.05) is 12.8 Å². The number of hydrogen-bond acceptors (Lipinski definition) is 4. The summed E-state index contributed by atoms with van der Waals surface area (Å²) in [5.74, 6) is 0.112. The second kappa shape index (κ2) is 8.15. The number of hydrogen-bond donors (Lipinski definition) is 1. The normalized spacial score (nSPS) is 10.5. The fourth-order valence-corrected chi connectivity index (χ4v) is 2.35. The van der Waals surface area contributed by atoms with E-state index in [1.165, 1.54) is 0 Å². The van der Waals surface area contributed by atoms with E-state index in [1.54, 1.807) is 11.8 Å². The average molecular weight is 281 g/mol. The Kier molecular flexibility index (Phi) is 6.84. The van der Waals surface area contributed by atoms with Crippen LogP contribution in [0.5, 0.6) is 0 Å². The van der Waals surface area contributed by atoms with E-state index in [4.69, 9.17) is 0 Å². The molecule has 0 atom stereocenters. The molecule has 0 bridgehead atoms. The number of aromatic nitrogens is 2. The molecular formula is C14H23N3OS. The van der Waals surface area contributed by atoms with E-state index in [1.807, 2.05) is 20.1 Å². The highest BCUT2D eigenvalue weighted by Crippen LogP contribution is 2.16. The van der Waals surface area contributed by atoms with Crippen molar-refractivity contribution in [2.45, 2.75) is 51.6 Å². The minimum atomic E-state index is 0.112. The first-order valence-electron chi connectivity index (χ1n) is 6.73. The Morgan fingerprint density at radius 2 is 1.89 bits per heavy atom. The number of unbranched alkanes of at least 4 members (excludes halogenated alkanes) is 1. The maximum atomic E-state index is 11.7. The van der Waals surface area contributed by atoms with E-state index in [9.17, 15) is 4.79 Å². The fourth-order valence-electron chi connectivity index (χ4n) is 1.89. The van der Waals surface area contributed by atoms with Gasteiger partial charge in [-0.15, -0.1) is 0 Å². The van der Waals surface area contributed by atoms with Gasteiger partial charge in [0.2, 0.25) is 5.91 Å². The van der Waals surface area contributed by atoms with Crippen LogP contribution in [-0.4, -0.2) is 28.7 Å². The van der Waals surface area contributed by atoms with Crippen LogP contribution in [0.2, 0.25) is 0 Å². The average Bonchev–Trinajstić information content (AvgIpc) is 2.37. The minimum Gasteiger partial charge on any atom is -0.356 e. The molecule has 0 aliphatic rings. The van der Waals surface area contributed by atoms with Crippen molar-refractivity contribution < 1.29 is 4.79 Å². The molecule has 19 heavy (non-hydrogen) atoms. The number of aryl methyl sites for hydroxylation is 2. The molecule has 0 saturated heterocycles. The molecule has 0 unspecified atom stereocenters. The molecular weight excluding hydrogens is 258 g/mol. The van der Waals surface area contributed by atoms with Crippen molar-refractivity contribution in [1.82, 2.24) is 15.3 Å². The van der Waals surface area contributed by atoms with E-state index < -0.39 is 0 Å². The molecule has 0 spiro atoms. The smallest absolute Gasteiger partial charge is 0.220 e. The first-order valence-corrected chi connectivity index (χ1v) is 7.95. The first-order chi connectivity index (χ1) is 9.08. The molecule has 1 amide bonds. The summed E-state index contributed by atoms with van der Waals surface area (Å²) >= 11 is 1.54. The number of nitrogens with one attached hydrogen (secondary N) is 1. The van der Waals surface area contributed by atoms with Gasteiger partial charge in [0.05, 0.1) is 0 Å². The van der Waals surface area contributed by atoms with Gasteiger partial charge in [-0.3, -0.25) is 4.79 Å². The summed E-state index contributed by atoms with van der Waals surface area (Å²) in [7, 11) is 0. The second-order valence-corrected chi connectivity index (χ2v) is 5.34. The van der Waals surface area contributed by atoms with E-state index in [-0.39, 0.29) is 5.91 Å². The highest BCUT2D eigenvalue weighted by Gasteiger charge is 2.10. The highest BCUT2D eigenvalue weighted by molar-refractivity contribution is 7.98. The lowest BCUT2D eigenvalue weighted by atomic mass is 10.1. The first kappa shape index (κ1) is 16.0. The molecule has 1 rings (SSSR count). The van der Waals surface area contributed by atoms with Crippen LogP contribution in [0.1, 0.15) is 43.1 Å². The van der Waals surface area contributed by atoms with Gasteiger partial charge in [0, 0.05) is 24.4 Å². The molecule has 5 heteroatoms. The predicted octanol–water partition coefficient (Wildman–Crippen LogP) is 2.66. The van der Waals surface area contributed by atoms with Gasteiger partial charge >= 0.3 is 0 Å². The number of carbonyl (C=O) groups is 1. The van der Waals surface area contributed by atoms with Crippen LogP contribution in [-0.2, 0) is 11.2 Å². The van der Waals surface area contributed by atoms with Gasteiger partial charge in [-0.25, -0.2) is 9.97 Å². The van der Waals surface area contributed by atoms with Crippen LogP contribution in [0.4, 0.5) is 0 Å². The predicted molar refractivity (Wildman–Crippen MR) is 79.5 cm³/mol. The van der Waals surface area contributed by atoms with Gasteiger partial charge in [-0.2, -0.15) is 0 Å². The van der Waals surface area contributed by atoms with Gasteiger partial charge in [0.15, 0.2) is 5.16 Å². The number of thioether (sulfide) groups is 1. The van der Waals surface area contributed by atoms with Crippen LogP contribution >= 0.6 is 11.8 Å². The largest absolute Gasteiger partial charge is 0.356 e. The topological polar surface area (TPSA) is 54.9 Å². The summed E-state index contributed by atoms with van der Waals surface area (Å²) in [6.07, 6.45) is 5.32. The lowest BCUT2D eigenvalue weighted by Crippen LogP contribution is -2.24. The second-order valence-electron chi connectivity index (χ2n) is 4.56. The van der Waals surface area contributed by atoms with Crippen LogP contribution in [0.15, 0.2) is 5.16 Å². The lowest BCUT2D eigenvalue weighted by Gasteiger charge is -2.10. The summed E-state index contributed by atoms with van der Waals surface area (Å²) in [6.45, 7) is 6.86.